The zero-order valence-electron chi connectivity index (χ0n) is 13.0. The lowest BCUT2D eigenvalue weighted by Gasteiger charge is -2.17. The Hall–Kier alpha value is -1.39. The fourth-order valence-electron chi connectivity index (χ4n) is 2.11. The van der Waals surface area contributed by atoms with Crippen molar-refractivity contribution in [3.63, 3.8) is 0 Å². The highest BCUT2D eigenvalue weighted by Crippen LogP contribution is 2.25. The van der Waals surface area contributed by atoms with E-state index >= 15 is 0 Å². The highest BCUT2D eigenvalue weighted by Gasteiger charge is 2.14. The molecule has 0 aromatic heterocycles. The predicted molar refractivity (Wildman–Crippen MR) is 80.6 cm³/mol. The van der Waals surface area contributed by atoms with E-state index in [0.717, 1.165) is 11.1 Å². The lowest BCUT2D eigenvalue weighted by molar-refractivity contribution is 0.0967. The predicted octanol–water partition coefficient (Wildman–Crippen LogP) is 2.24. The molecular formula is C16H25NO3. The van der Waals surface area contributed by atoms with Gasteiger partial charge in [0.05, 0.1) is 5.56 Å². The van der Waals surface area contributed by atoms with Gasteiger partial charge in [-0.05, 0) is 38.0 Å². The molecule has 0 saturated heterocycles. The van der Waals surface area contributed by atoms with E-state index in [2.05, 4.69) is 5.32 Å². The number of aliphatic hydroxyl groups is 1. The van der Waals surface area contributed by atoms with Gasteiger partial charge in [0.25, 0.3) is 0 Å². The number of hydrogen-bond acceptors (Lipinski definition) is 4. The molecule has 0 bridgehead atoms. The number of carbonyl (C=O) groups is 1. The highest BCUT2D eigenvalue weighted by molar-refractivity contribution is 5.98. The van der Waals surface area contributed by atoms with Crippen LogP contribution in [0.3, 0.4) is 0 Å². The molecule has 112 valence electrons. The van der Waals surface area contributed by atoms with Gasteiger partial charge in [0.2, 0.25) is 0 Å². The topological polar surface area (TPSA) is 58.6 Å². The van der Waals surface area contributed by atoms with Crippen LogP contribution in [0.15, 0.2) is 12.1 Å². The van der Waals surface area contributed by atoms with Crippen LogP contribution in [0.5, 0.6) is 5.75 Å². The number of ketones is 1. The van der Waals surface area contributed by atoms with Crippen molar-refractivity contribution < 1.29 is 14.6 Å². The highest BCUT2D eigenvalue weighted by atomic mass is 16.5. The summed E-state index contributed by atoms with van der Waals surface area (Å²) in [7, 11) is 0. The molecule has 2 N–H and O–H groups in total. The Labute approximate surface area is 121 Å². The molecule has 0 unspecified atom stereocenters. The van der Waals surface area contributed by atoms with E-state index in [1.54, 1.807) is 0 Å². The molecule has 0 radical (unpaired) electrons. The largest absolute Gasteiger partial charge is 0.490 e. The first kappa shape index (κ1) is 16.7. The Kier molecular flexibility index (Phi) is 6.17. The van der Waals surface area contributed by atoms with Crippen LogP contribution in [-0.2, 0) is 0 Å². The van der Waals surface area contributed by atoms with Crippen LogP contribution in [0, 0.1) is 13.8 Å². The van der Waals surface area contributed by atoms with E-state index in [4.69, 9.17) is 4.74 Å². The number of ether oxygens (including phenoxy) is 1. The van der Waals surface area contributed by atoms with Crippen molar-refractivity contribution in [3.8, 4) is 5.75 Å². The Morgan fingerprint density at radius 2 is 2.00 bits per heavy atom. The summed E-state index contributed by atoms with van der Waals surface area (Å²) in [5.74, 6) is 0.533. The molecule has 0 aliphatic carbocycles. The van der Waals surface area contributed by atoms with Crippen LogP contribution in [0.4, 0.5) is 0 Å². The standard InChI is InChI=1S/C16H25NO3/c1-10(2)17-8-14(19)9-20-15-7-11(3)6-12(4)16(15)13(5)18/h6-7,10,14,17,19H,8-9H2,1-5H3/t14-/m1/s1. The summed E-state index contributed by atoms with van der Waals surface area (Å²) in [6, 6.07) is 4.12. The summed E-state index contributed by atoms with van der Waals surface area (Å²) in [6.45, 7) is 10.1. The second kappa shape index (κ2) is 7.41. The van der Waals surface area contributed by atoms with Crippen LogP contribution in [0.1, 0.15) is 42.3 Å². The third-order valence-electron chi connectivity index (χ3n) is 2.99. The lowest BCUT2D eigenvalue weighted by atomic mass is 10.0. The van der Waals surface area contributed by atoms with Gasteiger partial charge in [-0.15, -0.1) is 0 Å². The van der Waals surface area contributed by atoms with Crippen LogP contribution in [0.25, 0.3) is 0 Å². The summed E-state index contributed by atoms with van der Waals surface area (Å²) in [4.78, 5) is 11.7. The molecule has 4 nitrogen and oxygen atoms in total. The summed E-state index contributed by atoms with van der Waals surface area (Å²) >= 11 is 0. The molecule has 0 heterocycles. The van der Waals surface area contributed by atoms with Gasteiger partial charge < -0.3 is 15.2 Å². The van der Waals surface area contributed by atoms with Crippen molar-refractivity contribution in [1.29, 1.82) is 0 Å². The minimum atomic E-state index is -0.599. The maximum Gasteiger partial charge on any atom is 0.163 e. The van der Waals surface area contributed by atoms with E-state index < -0.39 is 6.10 Å². The summed E-state index contributed by atoms with van der Waals surface area (Å²) in [5, 5.41) is 13.0. The van der Waals surface area contributed by atoms with Gasteiger partial charge in [0, 0.05) is 12.6 Å². The summed E-state index contributed by atoms with van der Waals surface area (Å²) in [5.41, 5.74) is 2.54. The van der Waals surface area contributed by atoms with Gasteiger partial charge in [-0.2, -0.15) is 0 Å². The summed E-state index contributed by atoms with van der Waals surface area (Å²) < 4.78 is 5.64. The molecule has 1 aromatic rings. The zero-order chi connectivity index (χ0) is 15.3. The van der Waals surface area contributed by atoms with Crippen molar-refractivity contribution in [2.24, 2.45) is 0 Å². The monoisotopic (exact) mass is 279 g/mol. The van der Waals surface area contributed by atoms with E-state index in [1.807, 2.05) is 39.8 Å². The fraction of sp³-hybridized carbons (Fsp3) is 0.562. The number of aliphatic hydroxyl groups excluding tert-OH is 1. The third-order valence-corrected chi connectivity index (χ3v) is 2.99. The molecule has 0 saturated carbocycles. The molecule has 0 amide bonds. The Bertz CT molecular complexity index is 469. The smallest absolute Gasteiger partial charge is 0.163 e. The number of aryl methyl sites for hydroxylation is 2. The minimum Gasteiger partial charge on any atom is -0.490 e. The van der Waals surface area contributed by atoms with E-state index in [-0.39, 0.29) is 12.4 Å². The van der Waals surface area contributed by atoms with E-state index in [0.29, 0.717) is 23.9 Å². The van der Waals surface area contributed by atoms with Crippen molar-refractivity contribution in [3.05, 3.63) is 28.8 Å². The second-order valence-electron chi connectivity index (χ2n) is 5.54. The normalized spacial score (nSPS) is 12.6. The molecule has 20 heavy (non-hydrogen) atoms. The molecule has 4 heteroatoms. The van der Waals surface area contributed by atoms with E-state index in [9.17, 15) is 9.90 Å². The number of carbonyl (C=O) groups excluding carboxylic acids is 1. The van der Waals surface area contributed by atoms with Crippen LogP contribution in [0.2, 0.25) is 0 Å². The van der Waals surface area contributed by atoms with Gasteiger partial charge in [-0.3, -0.25) is 4.79 Å². The maximum atomic E-state index is 11.7. The molecule has 0 aliphatic heterocycles. The Morgan fingerprint density at radius 1 is 1.35 bits per heavy atom. The number of rotatable bonds is 7. The third kappa shape index (κ3) is 4.94. The van der Waals surface area contributed by atoms with Gasteiger partial charge in [-0.1, -0.05) is 19.9 Å². The van der Waals surface area contributed by atoms with Crippen LogP contribution in [-0.4, -0.2) is 36.2 Å². The zero-order valence-corrected chi connectivity index (χ0v) is 13.0. The number of Topliss-reactive ketones (excluding diaryl/α,β-unsaturated/α-hetero) is 1. The SMILES string of the molecule is CC(=O)c1c(C)cc(C)cc1OC[C@H](O)CNC(C)C. The Morgan fingerprint density at radius 3 is 2.55 bits per heavy atom. The first-order valence-corrected chi connectivity index (χ1v) is 6.97. The molecule has 0 spiro atoms. The maximum absolute atomic E-state index is 11.7. The van der Waals surface area contributed by atoms with Gasteiger partial charge in [0.1, 0.15) is 18.5 Å². The molecule has 0 aliphatic rings. The average Bonchev–Trinajstić information content (AvgIpc) is 2.32. The first-order valence-electron chi connectivity index (χ1n) is 6.97. The van der Waals surface area contributed by atoms with Crippen molar-refractivity contribution in [2.75, 3.05) is 13.2 Å². The van der Waals surface area contributed by atoms with Crippen molar-refractivity contribution in [2.45, 2.75) is 46.8 Å². The number of nitrogens with one attached hydrogen (secondary N) is 1. The van der Waals surface area contributed by atoms with E-state index in [1.165, 1.54) is 6.92 Å². The van der Waals surface area contributed by atoms with Gasteiger partial charge in [-0.25, -0.2) is 0 Å². The number of hydrogen-bond donors (Lipinski definition) is 2. The minimum absolute atomic E-state index is 0.0210. The quantitative estimate of drug-likeness (QED) is 0.752. The summed E-state index contributed by atoms with van der Waals surface area (Å²) in [6.07, 6.45) is -0.599. The van der Waals surface area contributed by atoms with Crippen molar-refractivity contribution >= 4 is 5.78 Å². The molecule has 1 rings (SSSR count). The fourth-order valence-corrected chi connectivity index (χ4v) is 2.11. The average molecular weight is 279 g/mol. The Balaban J connectivity index is 2.74. The molecule has 1 aromatic carbocycles. The van der Waals surface area contributed by atoms with Gasteiger partial charge in [0.15, 0.2) is 5.78 Å². The first-order chi connectivity index (χ1) is 9.31. The number of benzene rings is 1. The molecule has 0 fully saturated rings. The second-order valence-corrected chi connectivity index (χ2v) is 5.54. The van der Waals surface area contributed by atoms with Crippen LogP contribution < -0.4 is 10.1 Å². The molecule has 1 atom stereocenters. The van der Waals surface area contributed by atoms with Gasteiger partial charge >= 0.3 is 0 Å². The molecular weight excluding hydrogens is 254 g/mol. The lowest BCUT2D eigenvalue weighted by Crippen LogP contribution is -2.35. The van der Waals surface area contributed by atoms with Crippen molar-refractivity contribution in [1.82, 2.24) is 5.32 Å². The van der Waals surface area contributed by atoms with Crippen LogP contribution >= 0.6 is 0 Å².